The number of ketones is 1. The second-order valence-electron chi connectivity index (χ2n) is 9.48. The number of hydrogen-bond donors (Lipinski definition) is 0. The van der Waals surface area contributed by atoms with E-state index >= 15 is 0 Å². The molecular formula is C23H34O2. The molecule has 3 unspecified atom stereocenters. The summed E-state index contributed by atoms with van der Waals surface area (Å²) in [7, 11) is 0. The van der Waals surface area contributed by atoms with Gasteiger partial charge in [0.05, 0.1) is 0 Å². The highest BCUT2D eigenvalue weighted by Crippen LogP contribution is 2.64. The minimum atomic E-state index is 0.0742. The largest absolute Gasteiger partial charge is 0.303 e. The van der Waals surface area contributed by atoms with Gasteiger partial charge in [0.25, 0.3) is 0 Å². The summed E-state index contributed by atoms with van der Waals surface area (Å²) in [4.78, 5) is 23.3. The molecule has 3 rings (SSSR count). The lowest BCUT2D eigenvalue weighted by Gasteiger charge is -2.54. The van der Waals surface area contributed by atoms with Crippen molar-refractivity contribution in [2.45, 2.75) is 66.2 Å². The molecule has 138 valence electrons. The van der Waals surface area contributed by atoms with Crippen LogP contribution in [0, 0.1) is 40.4 Å². The van der Waals surface area contributed by atoms with Gasteiger partial charge in [0.15, 0.2) is 5.78 Å². The van der Waals surface area contributed by atoms with Gasteiger partial charge in [0.2, 0.25) is 0 Å². The Labute approximate surface area is 153 Å². The van der Waals surface area contributed by atoms with Gasteiger partial charge in [-0.3, -0.25) is 4.79 Å². The van der Waals surface area contributed by atoms with E-state index in [1.165, 1.54) is 32.0 Å². The zero-order chi connectivity index (χ0) is 18.4. The molecule has 0 aromatic heterocycles. The van der Waals surface area contributed by atoms with Crippen molar-refractivity contribution in [2.24, 2.45) is 40.4 Å². The Morgan fingerprint density at radius 2 is 1.92 bits per heavy atom. The quantitative estimate of drug-likeness (QED) is 0.643. The van der Waals surface area contributed by atoms with Gasteiger partial charge in [-0.15, -0.1) is 0 Å². The lowest BCUT2D eigenvalue weighted by molar-refractivity contribution is -0.116. The lowest BCUT2D eigenvalue weighted by atomic mass is 9.50. The molecule has 0 aromatic carbocycles. The summed E-state index contributed by atoms with van der Waals surface area (Å²) in [5, 5.41) is 0. The lowest BCUT2D eigenvalue weighted by Crippen LogP contribution is -2.47. The Hall–Kier alpha value is -1.18. The maximum absolute atomic E-state index is 11.9. The maximum Gasteiger partial charge on any atom is 0.156 e. The van der Waals surface area contributed by atoms with Crippen LogP contribution in [0.5, 0.6) is 0 Å². The van der Waals surface area contributed by atoms with Gasteiger partial charge in [-0.1, -0.05) is 40.3 Å². The highest BCUT2D eigenvalue weighted by molar-refractivity contribution is 5.92. The van der Waals surface area contributed by atoms with Crippen molar-refractivity contribution in [3.05, 3.63) is 24.3 Å². The average molecular weight is 343 g/mol. The van der Waals surface area contributed by atoms with Gasteiger partial charge >= 0.3 is 0 Å². The number of allylic oxidation sites excluding steroid dienone is 3. The second-order valence-corrected chi connectivity index (χ2v) is 9.48. The number of aldehydes is 1. The molecule has 0 heterocycles. The van der Waals surface area contributed by atoms with Gasteiger partial charge in [-0.2, -0.15) is 0 Å². The van der Waals surface area contributed by atoms with Crippen LogP contribution in [0.1, 0.15) is 66.2 Å². The zero-order valence-corrected chi connectivity index (χ0v) is 16.4. The molecule has 0 radical (unpaired) electrons. The summed E-state index contributed by atoms with van der Waals surface area (Å²) in [6, 6.07) is 0. The predicted octanol–water partition coefficient (Wildman–Crippen LogP) is 5.38. The number of fused-ring (bicyclic) bond motifs is 1. The first-order valence-corrected chi connectivity index (χ1v) is 10.1. The molecule has 0 aliphatic heterocycles. The van der Waals surface area contributed by atoms with E-state index in [0.29, 0.717) is 35.5 Å². The van der Waals surface area contributed by atoms with Crippen LogP contribution >= 0.6 is 0 Å². The van der Waals surface area contributed by atoms with Crippen molar-refractivity contribution >= 4 is 12.1 Å². The Kier molecular flexibility index (Phi) is 4.85. The zero-order valence-electron chi connectivity index (χ0n) is 16.4. The van der Waals surface area contributed by atoms with Gasteiger partial charge in [0.1, 0.15) is 6.29 Å². The van der Waals surface area contributed by atoms with E-state index in [1.54, 1.807) is 0 Å². The molecule has 2 nitrogen and oxygen atoms in total. The van der Waals surface area contributed by atoms with E-state index in [0.717, 1.165) is 12.0 Å². The molecule has 25 heavy (non-hydrogen) atoms. The van der Waals surface area contributed by atoms with Crippen LogP contribution in [-0.4, -0.2) is 12.1 Å². The van der Waals surface area contributed by atoms with Crippen LogP contribution in [0.3, 0.4) is 0 Å². The Morgan fingerprint density at radius 3 is 2.56 bits per heavy atom. The molecule has 0 saturated heterocycles. The second kappa shape index (κ2) is 6.52. The van der Waals surface area contributed by atoms with Crippen LogP contribution in [0.15, 0.2) is 24.3 Å². The first-order valence-electron chi connectivity index (χ1n) is 10.1. The Bertz CT molecular complexity index is 603. The first-order chi connectivity index (χ1) is 11.8. The summed E-state index contributed by atoms with van der Waals surface area (Å²) in [5.41, 5.74) is 1.53. The summed E-state index contributed by atoms with van der Waals surface area (Å²) in [6.45, 7) is 13.3. The standard InChI is InChI=1S/C23H34O2/c1-6-17-13-18(25)9-11-22(17,4)21-10-12-23(5)19(15(2)14-24)7-8-20(23)16(21)3/h6,13-16,19-21H,1,7-12H2,2-5H3/t15-,16?,19-,20?,21?,22-,23-/m1/s1. The van der Waals surface area contributed by atoms with E-state index in [9.17, 15) is 9.59 Å². The van der Waals surface area contributed by atoms with Crippen LogP contribution in [0.4, 0.5) is 0 Å². The SMILES string of the molecule is C=CC1=CC(=O)CC[C@@]1(C)C1CC[C@@]2(C)C(CC[C@@H]2[C@H](C)C=O)C1C. The van der Waals surface area contributed by atoms with Crippen molar-refractivity contribution in [1.29, 1.82) is 0 Å². The molecule has 7 atom stereocenters. The molecule has 3 aliphatic carbocycles. The summed E-state index contributed by atoms with van der Waals surface area (Å²) in [5.74, 6) is 2.89. The molecule has 0 aromatic rings. The molecule has 3 aliphatic rings. The van der Waals surface area contributed by atoms with Crippen LogP contribution in [-0.2, 0) is 9.59 Å². The third kappa shape index (κ3) is 2.76. The number of rotatable bonds is 4. The molecule has 2 saturated carbocycles. The van der Waals surface area contributed by atoms with E-state index < -0.39 is 0 Å². The van der Waals surface area contributed by atoms with Crippen molar-refractivity contribution < 1.29 is 9.59 Å². The van der Waals surface area contributed by atoms with Gasteiger partial charge in [-0.05, 0) is 78.3 Å². The summed E-state index contributed by atoms with van der Waals surface area (Å²) < 4.78 is 0. The van der Waals surface area contributed by atoms with Crippen LogP contribution in [0.25, 0.3) is 0 Å². The first kappa shape index (κ1) is 18.6. The van der Waals surface area contributed by atoms with Gasteiger partial charge in [-0.25, -0.2) is 0 Å². The summed E-state index contributed by atoms with van der Waals surface area (Å²) in [6.07, 6.45) is 11.4. The Morgan fingerprint density at radius 1 is 1.20 bits per heavy atom. The third-order valence-electron chi connectivity index (χ3n) is 8.50. The normalized spacial score (nSPS) is 45.4. The third-order valence-corrected chi connectivity index (χ3v) is 8.50. The topological polar surface area (TPSA) is 34.1 Å². The summed E-state index contributed by atoms with van der Waals surface area (Å²) >= 11 is 0. The molecule has 0 bridgehead atoms. The fourth-order valence-corrected chi connectivity index (χ4v) is 7.02. The molecule has 0 amide bonds. The highest BCUT2D eigenvalue weighted by atomic mass is 16.1. The minimum absolute atomic E-state index is 0.0742. The van der Waals surface area contributed by atoms with Crippen molar-refractivity contribution in [2.75, 3.05) is 0 Å². The van der Waals surface area contributed by atoms with Crippen molar-refractivity contribution in [3.63, 3.8) is 0 Å². The molecular weight excluding hydrogens is 308 g/mol. The minimum Gasteiger partial charge on any atom is -0.303 e. The average Bonchev–Trinajstić information content (AvgIpc) is 2.94. The smallest absolute Gasteiger partial charge is 0.156 e. The van der Waals surface area contributed by atoms with Crippen molar-refractivity contribution in [1.82, 2.24) is 0 Å². The molecule has 0 spiro atoms. The number of carbonyl (C=O) groups excluding carboxylic acids is 2. The van der Waals surface area contributed by atoms with Gasteiger partial charge < -0.3 is 4.79 Å². The molecule has 2 heteroatoms. The molecule has 2 fully saturated rings. The Balaban J connectivity index is 1.89. The van der Waals surface area contributed by atoms with E-state index in [-0.39, 0.29) is 17.1 Å². The molecule has 0 N–H and O–H groups in total. The number of hydrogen-bond acceptors (Lipinski definition) is 2. The fraction of sp³-hybridized carbons (Fsp3) is 0.739. The van der Waals surface area contributed by atoms with E-state index in [1.807, 2.05) is 12.2 Å². The van der Waals surface area contributed by atoms with Crippen LogP contribution in [0.2, 0.25) is 0 Å². The van der Waals surface area contributed by atoms with Crippen LogP contribution < -0.4 is 0 Å². The van der Waals surface area contributed by atoms with Gasteiger partial charge in [0, 0.05) is 12.3 Å². The van der Waals surface area contributed by atoms with E-state index in [2.05, 4.69) is 34.3 Å². The number of carbonyl (C=O) groups is 2. The maximum atomic E-state index is 11.9. The predicted molar refractivity (Wildman–Crippen MR) is 102 cm³/mol. The fourth-order valence-electron chi connectivity index (χ4n) is 7.02. The van der Waals surface area contributed by atoms with E-state index in [4.69, 9.17) is 0 Å². The highest BCUT2D eigenvalue weighted by Gasteiger charge is 2.56. The van der Waals surface area contributed by atoms with Crippen molar-refractivity contribution in [3.8, 4) is 0 Å². The monoisotopic (exact) mass is 342 g/mol.